The van der Waals surface area contributed by atoms with E-state index in [4.69, 9.17) is 4.74 Å². The number of hydrogen-bond donors (Lipinski definition) is 0. The Morgan fingerprint density at radius 2 is 2.11 bits per heavy atom. The molecule has 0 spiro atoms. The lowest BCUT2D eigenvalue weighted by Gasteiger charge is -2.31. The lowest BCUT2D eigenvalue weighted by Crippen LogP contribution is -2.38. The zero-order valence-corrected chi connectivity index (χ0v) is 11.0. The van der Waals surface area contributed by atoms with Crippen LogP contribution in [0, 0.1) is 0 Å². The molecule has 0 aliphatic carbocycles. The summed E-state index contributed by atoms with van der Waals surface area (Å²) in [6.07, 6.45) is 4.45. The molecular weight excluding hydrogens is 226 g/mol. The van der Waals surface area contributed by atoms with Gasteiger partial charge < -0.3 is 9.64 Å². The molecular formula is C14H21N3O. The van der Waals surface area contributed by atoms with Crippen LogP contribution in [-0.4, -0.2) is 49.8 Å². The molecule has 0 radical (unpaired) electrons. The number of anilines is 1. The van der Waals surface area contributed by atoms with Crippen molar-refractivity contribution < 1.29 is 4.74 Å². The van der Waals surface area contributed by atoms with Crippen LogP contribution in [0.4, 0.5) is 5.82 Å². The van der Waals surface area contributed by atoms with E-state index in [0.717, 1.165) is 26.3 Å². The summed E-state index contributed by atoms with van der Waals surface area (Å²) < 4.78 is 5.43. The number of pyridine rings is 1. The smallest absolute Gasteiger partial charge is 0.133 e. The molecule has 1 atom stereocenters. The van der Waals surface area contributed by atoms with Crippen molar-refractivity contribution in [3.63, 3.8) is 0 Å². The Morgan fingerprint density at radius 3 is 2.83 bits per heavy atom. The minimum Gasteiger partial charge on any atom is -0.378 e. The quantitative estimate of drug-likeness (QED) is 0.795. The van der Waals surface area contributed by atoms with E-state index in [1.807, 2.05) is 6.20 Å². The lowest BCUT2D eigenvalue weighted by molar-refractivity contribution is 0.122. The van der Waals surface area contributed by atoms with Gasteiger partial charge in [0.05, 0.1) is 13.2 Å². The summed E-state index contributed by atoms with van der Waals surface area (Å²) in [5, 5.41) is 0. The number of aromatic nitrogens is 1. The molecule has 0 bridgehead atoms. The van der Waals surface area contributed by atoms with E-state index in [-0.39, 0.29) is 0 Å². The predicted octanol–water partition coefficient (Wildman–Crippen LogP) is 1.68. The van der Waals surface area contributed by atoms with Crippen molar-refractivity contribution in [2.24, 2.45) is 0 Å². The van der Waals surface area contributed by atoms with Gasteiger partial charge in [-0.1, -0.05) is 6.07 Å². The Kier molecular flexibility index (Phi) is 3.48. The van der Waals surface area contributed by atoms with Gasteiger partial charge in [-0.25, -0.2) is 4.98 Å². The third kappa shape index (κ3) is 2.22. The molecule has 2 aliphatic heterocycles. The van der Waals surface area contributed by atoms with Crippen molar-refractivity contribution in [1.29, 1.82) is 0 Å². The molecule has 0 aromatic carbocycles. The highest BCUT2D eigenvalue weighted by atomic mass is 16.5. The fraction of sp³-hybridized carbons (Fsp3) is 0.643. The van der Waals surface area contributed by atoms with E-state index in [2.05, 4.69) is 34.0 Å². The van der Waals surface area contributed by atoms with Gasteiger partial charge in [-0.3, -0.25) is 4.90 Å². The van der Waals surface area contributed by atoms with Crippen molar-refractivity contribution in [2.45, 2.75) is 18.9 Å². The van der Waals surface area contributed by atoms with E-state index < -0.39 is 0 Å². The molecule has 1 aromatic rings. The van der Waals surface area contributed by atoms with Crippen molar-refractivity contribution >= 4 is 5.82 Å². The Hall–Kier alpha value is -1.13. The second kappa shape index (κ2) is 5.24. The van der Waals surface area contributed by atoms with Crippen LogP contribution in [0.5, 0.6) is 0 Å². The lowest BCUT2D eigenvalue weighted by atomic mass is 10.0. The van der Waals surface area contributed by atoms with Gasteiger partial charge in [0.15, 0.2) is 0 Å². The van der Waals surface area contributed by atoms with Crippen LogP contribution in [0.2, 0.25) is 0 Å². The summed E-state index contributed by atoms with van der Waals surface area (Å²) >= 11 is 0. The van der Waals surface area contributed by atoms with E-state index >= 15 is 0 Å². The minimum atomic E-state index is 0.538. The summed E-state index contributed by atoms with van der Waals surface area (Å²) in [4.78, 5) is 9.44. The summed E-state index contributed by atoms with van der Waals surface area (Å²) in [5.41, 5.74) is 1.39. The maximum absolute atomic E-state index is 5.43. The third-order valence-electron chi connectivity index (χ3n) is 4.01. The van der Waals surface area contributed by atoms with Crippen molar-refractivity contribution in [3.8, 4) is 0 Å². The number of nitrogens with zero attached hydrogens (tertiary/aromatic N) is 3. The maximum atomic E-state index is 5.43. The highest BCUT2D eigenvalue weighted by Crippen LogP contribution is 2.35. The first-order valence-electron chi connectivity index (χ1n) is 6.84. The SMILES string of the molecule is CN1CCC[C@@H]1c1cccnc1N1CCOCC1. The topological polar surface area (TPSA) is 28.6 Å². The van der Waals surface area contributed by atoms with Crippen LogP contribution in [0.3, 0.4) is 0 Å². The highest BCUT2D eigenvalue weighted by molar-refractivity contribution is 5.49. The number of likely N-dealkylation sites (tertiary alicyclic amines) is 1. The first-order valence-corrected chi connectivity index (χ1v) is 6.84. The number of hydrogen-bond acceptors (Lipinski definition) is 4. The second-order valence-electron chi connectivity index (χ2n) is 5.15. The van der Waals surface area contributed by atoms with Gasteiger partial charge in [0.25, 0.3) is 0 Å². The molecule has 18 heavy (non-hydrogen) atoms. The molecule has 0 N–H and O–H groups in total. The molecule has 3 heterocycles. The first kappa shape index (κ1) is 11.9. The summed E-state index contributed by atoms with van der Waals surface area (Å²) in [7, 11) is 2.22. The van der Waals surface area contributed by atoms with Gasteiger partial charge >= 0.3 is 0 Å². The van der Waals surface area contributed by atoms with Gasteiger partial charge in [0, 0.05) is 30.9 Å². The van der Waals surface area contributed by atoms with Crippen LogP contribution in [0.25, 0.3) is 0 Å². The predicted molar refractivity (Wildman–Crippen MR) is 71.9 cm³/mol. The van der Waals surface area contributed by atoms with Crippen LogP contribution >= 0.6 is 0 Å². The Balaban J connectivity index is 1.89. The summed E-state index contributed by atoms with van der Waals surface area (Å²) in [6, 6.07) is 4.84. The fourth-order valence-electron chi connectivity index (χ4n) is 3.01. The van der Waals surface area contributed by atoms with Gasteiger partial charge in [0.2, 0.25) is 0 Å². The van der Waals surface area contributed by atoms with Crippen LogP contribution in [0.1, 0.15) is 24.4 Å². The van der Waals surface area contributed by atoms with E-state index in [9.17, 15) is 0 Å². The average Bonchev–Trinajstić information content (AvgIpc) is 2.86. The van der Waals surface area contributed by atoms with Crippen LogP contribution in [-0.2, 0) is 4.74 Å². The van der Waals surface area contributed by atoms with Crippen molar-refractivity contribution in [3.05, 3.63) is 23.9 Å². The third-order valence-corrected chi connectivity index (χ3v) is 4.01. The first-order chi connectivity index (χ1) is 8.86. The normalized spacial score (nSPS) is 25.6. The van der Waals surface area contributed by atoms with Crippen molar-refractivity contribution in [2.75, 3.05) is 44.8 Å². The van der Waals surface area contributed by atoms with Gasteiger partial charge in [0.1, 0.15) is 5.82 Å². The van der Waals surface area contributed by atoms with Gasteiger partial charge in [-0.15, -0.1) is 0 Å². The maximum Gasteiger partial charge on any atom is 0.133 e. The van der Waals surface area contributed by atoms with Gasteiger partial charge in [-0.2, -0.15) is 0 Å². The second-order valence-corrected chi connectivity index (χ2v) is 5.15. The number of rotatable bonds is 2. The fourth-order valence-corrected chi connectivity index (χ4v) is 3.01. The summed E-state index contributed by atoms with van der Waals surface area (Å²) in [5.74, 6) is 1.17. The van der Waals surface area contributed by atoms with E-state index in [1.54, 1.807) is 0 Å². The molecule has 2 saturated heterocycles. The van der Waals surface area contributed by atoms with Crippen LogP contribution < -0.4 is 4.90 Å². The zero-order valence-electron chi connectivity index (χ0n) is 11.0. The Morgan fingerprint density at radius 1 is 1.28 bits per heavy atom. The molecule has 4 heteroatoms. The average molecular weight is 247 g/mol. The molecule has 0 amide bonds. The molecule has 0 unspecified atom stereocenters. The highest BCUT2D eigenvalue weighted by Gasteiger charge is 2.27. The number of morpholine rings is 1. The monoisotopic (exact) mass is 247 g/mol. The molecule has 1 aromatic heterocycles. The molecule has 4 nitrogen and oxygen atoms in total. The largest absolute Gasteiger partial charge is 0.378 e. The minimum absolute atomic E-state index is 0.538. The number of ether oxygens (including phenoxy) is 1. The van der Waals surface area contributed by atoms with E-state index in [0.29, 0.717) is 6.04 Å². The standard InChI is InChI=1S/C14H21N3O/c1-16-7-3-5-13(16)12-4-2-6-15-14(12)17-8-10-18-11-9-17/h2,4,6,13H,3,5,7-11H2,1H3/t13-/m1/s1. The van der Waals surface area contributed by atoms with Gasteiger partial charge in [-0.05, 0) is 32.5 Å². The molecule has 0 saturated carbocycles. The molecule has 2 aliphatic rings. The molecule has 98 valence electrons. The molecule has 2 fully saturated rings. The van der Waals surface area contributed by atoms with E-state index in [1.165, 1.54) is 30.8 Å². The molecule has 3 rings (SSSR count). The van der Waals surface area contributed by atoms with Crippen molar-refractivity contribution in [1.82, 2.24) is 9.88 Å². The Labute approximate surface area is 109 Å². The zero-order chi connectivity index (χ0) is 12.4. The van der Waals surface area contributed by atoms with Crippen LogP contribution in [0.15, 0.2) is 18.3 Å². The summed E-state index contributed by atoms with van der Waals surface area (Å²) in [6.45, 7) is 4.75. The Bertz CT molecular complexity index is 404.